The number of allylic oxidation sites excluding steroid dienone is 3. The summed E-state index contributed by atoms with van der Waals surface area (Å²) < 4.78 is 0. The highest BCUT2D eigenvalue weighted by molar-refractivity contribution is 6.43. The van der Waals surface area contributed by atoms with E-state index in [0.717, 1.165) is 0 Å². The second-order valence-electron chi connectivity index (χ2n) is 2.86. The van der Waals surface area contributed by atoms with Gasteiger partial charge >= 0.3 is 13.2 Å². The van der Waals surface area contributed by atoms with Crippen LogP contribution in [0, 0.1) is 0 Å². The summed E-state index contributed by atoms with van der Waals surface area (Å²) in [6, 6.07) is 0. The molecule has 0 fully saturated rings. The van der Waals surface area contributed by atoms with E-state index in [0.29, 0.717) is 5.57 Å². The Labute approximate surface area is 88.6 Å². The minimum absolute atomic E-state index is 0.138. The molecule has 15 heavy (non-hydrogen) atoms. The third-order valence-electron chi connectivity index (χ3n) is 1.72. The van der Waals surface area contributed by atoms with Crippen LogP contribution >= 0.6 is 0 Å². The molecule has 0 spiro atoms. The number of amides is 1. The largest absolute Gasteiger partial charge is 0.475 e. The van der Waals surface area contributed by atoms with Crippen molar-refractivity contribution in [2.75, 3.05) is 0 Å². The van der Waals surface area contributed by atoms with Crippen LogP contribution in [-0.2, 0) is 0 Å². The first-order valence-corrected chi connectivity index (χ1v) is 4.31. The van der Waals surface area contributed by atoms with Crippen LogP contribution in [0.3, 0.4) is 0 Å². The van der Waals surface area contributed by atoms with Crippen molar-refractivity contribution in [2.45, 2.75) is 12.4 Å². The maximum Gasteiger partial charge on any atom is 0.475 e. The van der Waals surface area contributed by atoms with Gasteiger partial charge in [0.1, 0.15) is 0 Å². The van der Waals surface area contributed by atoms with E-state index in [1.54, 1.807) is 6.08 Å². The third kappa shape index (κ3) is 5.72. The van der Waals surface area contributed by atoms with Crippen LogP contribution in [0.1, 0.15) is 6.42 Å². The molecule has 82 valence electrons. The molecule has 6 heteroatoms. The SMILES string of the molecule is C=C/C=C(\C=C)CC(NC(=O)O)B(O)O. The lowest BCUT2D eigenvalue weighted by atomic mass is 9.76. The molecule has 0 bridgehead atoms. The Balaban J connectivity index is 4.51. The second-order valence-corrected chi connectivity index (χ2v) is 2.86. The lowest BCUT2D eigenvalue weighted by Gasteiger charge is -2.15. The summed E-state index contributed by atoms with van der Waals surface area (Å²) in [6.07, 6.45) is 3.46. The van der Waals surface area contributed by atoms with E-state index >= 15 is 0 Å². The van der Waals surface area contributed by atoms with Gasteiger partial charge in [-0.2, -0.15) is 0 Å². The quantitative estimate of drug-likeness (QED) is 0.376. The van der Waals surface area contributed by atoms with Crippen molar-refractivity contribution < 1.29 is 19.9 Å². The van der Waals surface area contributed by atoms with Crippen molar-refractivity contribution in [3.8, 4) is 0 Å². The van der Waals surface area contributed by atoms with E-state index in [-0.39, 0.29) is 6.42 Å². The number of carbonyl (C=O) groups is 1. The minimum atomic E-state index is -1.76. The maximum absolute atomic E-state index is 10.3. The zero-order valence-corrected chi connectivity index (χ0v) is 8.26. The molecule has 4 N–H and O–H groups in total. The lowest BCUT2D eigenvalue weighted by Crippen LogP contribution is -2.46. The molecule has 0 saturated heterocycles. The Morgan fingerprint density at radius 1 is 1.47 bits per heavy atom. The molecule has 0 heterocycles. The molecule has 0 aromatic heterocycles. The number of rotatable bonds is 6. The molecular weight excluding hydrogens is 197 g/mol. The van der Waals surface area contributed by atoms with Gasteiger partial charge < -0.3 is 20.5 Å². The summed E-state index contributed by atoms with van der Waals surface area (Å²) in [4.78, 5) is 10.3. The van der Waals surface area contributed by atoms with Crippen molar-refractivity contribution in [3.63, 3.8) is 0 Å². The van der Waals surface area contributed by atoms with E-state index in [1.807, 2.05) is 5.32 Å². The topological polar surface area (TPSA) is 89.8 Å². The summed E-state index contributed by atoms with van der Waals surface area (Å²) >= 11 is 0. The Morgan fingerprint density at radius 2 is 2.07 bits per heavy atom. The highest BCUT2D eigenvalue weighted by Gasteiger charge is 2.25. The predicted octanol–water partition coefficient (Wildman–Crippen LogP) is 0.323. The summed E-state index contributed by atoms with van der Waals surface area (Å²) in [5, 5.41) is 28.3. The third-order valence-corrected chi connectivity index (χ3v) is 1.72. The monoisotopic (exact) mass is 211 g/mol. The summed E-state index contributed by atoms with van der Waals surface area (Å²) in [7, 11) is -1.76. The molecule has 0 radical (unpaired) electrons. The van der Waals surface area contributed by atoms with Crippen molar-refractivity contribution >= 4 is 13.2 Å². The summed E-state index contributed by atoms with van der Waals surface area (Å²) in [5.74, 6) is -0.980. The average Bonchev–Trinajstić information content (AvgIpc) is 2.14. The number of nitrogens with one attached hydrogen (secondary N) is 1. The fourth-order valence-corrected chi connectivity index (χ4v) is 1.01. The van der Waals surface area contributed by atoms with Crippen molar-refractivity contribution in [1.82, 2.24) is 5.32 Å². The van der Waals surface area contributed by atoms with Gasteiger partial charge in [0.15, 0.2) is 0 Å². The fraction of sp³-hybridized carbons (Fsp3) is 0.222. The molecule has 1 unspecified atom stereocenters. The molecule has 5 nitrogen and oxygen atoms in total. The number of hydrogen-bond donors (Lipinski definition) is 4. The van der Waals surface area contributed by atoms with Gasteiger partial charge in [-0.1, -0.05) is 31.4 Å². The van der Waals surface area contributed by atoms with Gasteiger partial charge in [0.05, 0.1) is 5.94 Å². The van der Waals surface area contributed by atoms with Gasteiger partial charge in [-0.25, -0.2) is 4.79 Å². The van der Waals surface area contributed by atoms with Gasteiger partial charge in [0.25, 0.3) is 0 Å². The zero-order chi connectivity index (χ0) is 11.8. The highest BCUT2D eigenvalue weighted by Crippen LogP contribution is 2.08. The van der Waals surface area contributed by atoms with Crippen LogP contribution in [0.15, 0.2) is 37.0 Å². The Kier molecular flexibility index (Phi) is 6.16. The van der Waals surface area contributed by atoms with Gasteiger partial charge in [0.2, 0.25) is 0 Å². The standard InChI is InChI=1S/C9H14BNO4/c1-3-5-7(4-2)6-8(10(14)15)11-9(12)13/h3-5,8,11,14-15H,1-2,6H2,(H,12,13)/b7-5+. The first-order valence-electron chi connectivity index (χ1n) is 4.31. The highest BCUT2D eigenvalue weighted by atomic mass is 16.4. The van der Waals surface area contributed by atoms with E-state index in [9.17, 15) is 4.79 Å². The molecule has 0 aliphatic heterocycles. The molecular formula is C9H14BNO4. The Bertz CT molecular complexity index is 275. The van der Waals surface area contributed by atoms with Gasteiger partial charge in [-0.15, -0.1) is 0 Å². The minimum Gasteiger partial charge on any atom is -0.465 e. The smallest absolute Gasteiger partial charge is 0.465 e. The van der Waals surface area contributed by atoms with Gasteiger partial charge in [-0.05, 0) is 12.0 Å². The van der Waals surface area contributed by atoms with E-state index in [1.165, 1.54) is 12.2 Å². The van der Waals surface area contributed by atoms with Gasteiger partial charge in [-0.3, -0.25) is 0 Å². The second kappa shape index (κ2) is 6.86. The summed E-state index contributed by atoms with van der Waals surface area (Å²) in [6.45, 7) is 6.99. The van der Waals surface area contributed by atoms with E-state index in [2.05, 4.69) is 13.2 Å². The molecule has 1 amide bonds. The Morgan fingerprint density at radius 3 is 2.40 bits per heavy atom. The van der Waals surface area contributed by atoms with E-state index < -0.39 is 19.2 Å². The normalized spacial score (nSPS) is 12.8. The Hall–Kier alpha value is -1.53. The van der Waals surface area contributed by atoms with Crippen LogP contribution in [0.2, 0.25) is 0 Å². The molecule has 0 rings (SSSR count). The lowest BCUT2D eigenvalue weighted by molar-refractivity contribution is 0.190. The van der Waals surface area contributed by atoms with Gasteiger partial charge in [0, 0.05) is 0 Å². The van der Waals surface area contributed by atoms with Crippen LogP contribution in [0.4, 0.5) is 4.79 Å². The van der Waals surface area contributed by atoms with Crippen LogP contribution < -0.4 is 5.32 Å². The van der Waals surface area contributed by atoms with Crippen LogP contribution in [0.25, 0.3) is 0 Å². The molecule has 1 atom stereocenters. The van der Waals surface area contributed by atoms with E-state index in [4.69, 9.17) is 15.2 Å². The molecule has 0 aliphatic carbocycles. The van der Waals surface area contributed by atoms with Crippen LogP contribution in [0.5, 0.6) is 0 Å². The molecule has 0 aromatic rings. The first kappa shape index (κ1) is 13.5. The van der Waals surface area contributed by atoms with Crippen molar-refractivity contribution in [3.05, 3.63) is 37.0 Å². The van der Waals surface area contributed by atoms with Crippen molar-refractivity contribution in [2.24, 2.45) is 0 Å². The zero-order valence-electron chi connectivity index (χ0n) is 8.26. The van der Waals surface area contributed by atoms with Crippen molar-refractivity contribution in [1.29, 1.82) is 0 Å². The molecule has 0 aliphatic rings. The fourth-order valence-electron chi connectivity index (χ4n) is 1.01. The molecule has 0 aromatic carbocycles. The first-order chi connectivity index (χ1) is 7.01. The summed E-state index contributed by atoms with van der Waals surface area (Å²) in [5.41, 5.74) is 0.664. The predicted molar refractivity (Wildman–Crippen MR) is 58.2 cm³/mol. The maximum atomic E-state index is 10.3. The number of carboxylic acid groups (broad SMARTS) is 1. The van der Waals surface area contributed by atoms with Crippen LogP contribution in [-0.4, -0.2) is 34.3 Å². The average molecular weight is 211 g/mol. The molecule has 0 saturated carbocycles. The number of hydrogen-bond acceptors (Lipinski definition) is 3.